The van der Waals surface area contributed by atoms with Crippen LogP contribution in [0.1, 0.15) is 22.4 Å². The van der Waals surface area contributed by atoms with Crippen molar-refractivity contribution in [1.29, 1.82) is 0 Å². The summed E-state index contributed by atoms with van der Waals surface area (Å²) in [5, 5.41) is 1.96. The van der Waals surface area contributed by atoms with Crippen molar-refractivity contribution in [1.82, 2.24) is 4.57 Å². The summed E-state index contributed by atoms with van der Waals surface area (Å²) >= 11 is 2.05. The van der Waals surface area contributed by atoms with Crippen LogP contribution >= 0.6 is 11.8 Å². The van der Waals surface area contributed by atoms with Crippen molar-refractivity contribution < 1.29 is 0 Å². The monoisotopic (exact) mass is 263 g/mol. The summed E-state index contributed by atoms with van der Waals surface area (Å²) in [4.78, 5) is 1.43. The molecular formula is C17H13NS. The number of rotatable bonds is 0. The van der Waals surface area contributed by atoms with Gasteiger partial charge in [0, 0.05) is 16.5 Å². The standard InChI is InChI=1S/C17H13NS/c1-2-6-13-12(4-1)10-14-17(13)19-15-7-3-5-11-8-9-18(14)16(11)15/h1-9,14,17H,10H2/t14-,17+/m0/s1. The second-order valence-electron chi connectivity index (χ2n) is 5.43. The summed E-state index contributed by atoms with van der Waals surface area (Å²) in [5.41, 5.74) is 4.50. The third kappa shape index (κ3) is 1.22. The van der Waals surface area contributed by atoms with Gasteiger partial charge in [-0.15, -0.1) is 11.8 Å². The first-order valence-electron chi connectivity index (χ1n) is 6.76. The molecule has 1 aliphatic heterocycles. The molecule has 2 aliphatic rings. The Morgan fingerprint density at radius 3 is 2.95 bits per heavy atom. The number of hydrogen-bond donors (Lipinski definition) is 0. The Morgan fingerprint density at radius 1 is 1.00 bits per heavy atom. The largest absolute Gasteiger partial charge is 0.342 e. The fraction of sp³-hybridized carbons (Fsp3) is 0.176. The van der Waals surface area contributed by atoms with Gasteiger partial charge in [0.25, 0.3) is 0 Å². The maximum absolute atomic E-state index is 2.51. The van der Waals surface area contributed by atoms with Gasteiger partial charge in [-0.25, -0.2) is 0 Å². The van der Waals surface area contributed by atoms with Gasteiger partial charge in [0.05, 0.1) is 16.8 Å². The Labute approximate surface area is 116 Å². The minimum atomic E-state index is 0.585. The van der Waals surface area contributed by atoms with Gasteiger partial charge in [0.2, 0.25) is 0 Å². The van der Waals surface area contributed by atoms with E-state index in [1.165, 1.54) is 33.3 Å². The summed E-state index contributed by atoms with van der Waals surface area (Å²) in [6, 6.07) is 18.4. The van der Waals surface area contributed by atoms with Crippen LogP contribution in [-0.4, -0.2) is 4.57 Å². The Bertz CT molecular complexity index is 802. The van der Waals surface area contributed by atoms with Crippen LogP contribution in [0.15, 0.2) is 59.6 Å². The molecule has 1 aliphatic carbocycles. The molecule has 0 N–H and O–H groups in total. The molecule has 0 saturated heterocycles. The molecule has 1 nitrogen and oxygen atoms in total. The van der Waals surface area contributed by atoms with E-state index in [0.717, 1.165) is 0 Å². The molecule has 0 unspecified atom stereocenters. The van der Waals surface area contributed by atoms with Crippen LogP contribution in [0.4, 0.5) is 0 Å². The lowest BCUT2D eigenvalue weighted by Gasteiger charge is -2.28. The fourth-order valence-electron chi connectivity index (χ4n) is 3.62. The number of para-hydroxylation sites is 1. The summed E-state index contributed by atoms with van der Waals surface area (Å²) < 4.78 is 2.51. The second kappa shape index (κ2) is 3.45. The van der Waals surface area contributed by atoms with Crippen LogP contribution < -0.4 is 0 Å². The smallest absolute Gasteiger partial charge is 0.0621 e. The van der Waals surface area contributed by atoms with Gasteiger partial charge in [-0.2, -0.15) is 0 Å². The lowest BCUT2D eigenvalue weighted by Crippen LogP contribution is -2.15. The molecule has 2 atom stereocenters. The van der Waals surface area contributed by atoms with Crippen molar-refractivity contribution in [3.63, 3.8) is 0 Å². The first kappa shape index (κ1) is 10.2. The third-order valence-electron chi connectivity index (χ3n) is 4.45. The number of hydrogen-bond acceptors (Lipinski definition) is 1. The van der Waals surface area contributed by atoms with Crippen LogP contribution in [0.5, 0.6) is 0 Å². The molecule has 2 heteroatoms. The van der Waals surface area contributed by atoms with E-state index in [4.69, 9.17) is 0 Å². The number of benzene rings is 2. The first-order chi connectivity index (χ1) is 9.42. The molecule has 0 fully saturated rings. The summed E-state index contributed by atoms with van der Waals surface area (Å²) in [6.07, 6.45) is 3.45. The lowest BCUT2D eigenvalue weighted by molar-refractivity contribution is 0.530. The zero-order valence-corrected chi connectivity index (χ0v) is 11.2. The van der Waals surface area contributed by atoms with Crippen molar-refractivity contribution in [3.05, 3.63) is 65.9 Å². The minimum Gasteiger partial charge on any atom is -0.342 e. The van der Waals surface area contributed by atoms with Crippen molar-refractivity contribution in [3.8, 4) is 0 Å². The molecule has 3 aromatic rings. The zero-order chi connectivity index (χ0) is 12.4. The summed E-state index contributed by atoms with van der Waals surface area (Å²) in [7, 11) is 0. The molecule has 0 amide bonds. The van der Waals surface area contributed by atoms with Gasteiger partial charge in [0.1, 0.15) is 0 Å². The molecule has 2 heterocycles. The molecule has 1 aromatic heterocycles. The SMILES string of the molecule is c1ccc2c(c1)C[C@H]1[C@@H]2Sc2cccc3ccn1c23. The van der Waals surface area contributed by atoms with Crippen LogP contribution in [0, 0.1) is 0 Å². The number of thioether (sulfide) groups is 1. The number of nitrogens with zero attached hydrogens (tertiary/aromatic N) is 1. The predicted octanol–water partition coefficient (Wildman–Crippen LogP) is 4.59. The average Bonchev–Trinajstić information content (AvgIpc) is 3.02. The lowest BCUT2D eigenvalue weighted by atomic mass is 10.1. The highest BCUT2D eigenvalue weighted by atomic mass is 32.2. The van der Waals surface area contributed by atoms with Gasteiger partial charge < -0.3 is 4.57 Å². The molecule has 92 valence electrons. The van der Waals surface area contributed by atoms with E-state index in [1.54, 1.807) is 0 Å². The highest BCUT2D eigenvalue weighted by Gasteiger charge is 2.37. The van der Waals surface area contributed by atoms with Gasteiger partial charge >= 0.3 is 0 Å². The Hall–Kier alpha value is -1.67. The third-order valence-corrected chi connectivity index (χ3v) is 5.86. The summed E-state index contributed by atoms with van der Waals surface area (Å²) in [6.45, 7) is 0. The van der Waals surface area contributed by atoms with Crippen LogP contribution in [0.25, 0.3) is 10.9 Å². The predicted molar refractivity (Wildman–Crippen MR) is 79.7 cm³/mol. The Morgan fingerprint density at radius 2 is 1.95 bits per heavy atom. The van der Waals surface area contributed by atoms with E-state index in [1.807, 2.05) is 11.8 Å². The van der Waals surface area contributed by atoms with Crippen molar-refractivity contribution in [2.45, 2.75) is 22.6 Å². The van der Waals surface area contributed by atoms with Crippen molar-refractivity contribution in [2.75, 3.05) is 0 Å². The van der Waals surface area contributed by atoms with E-state index >= 15 is 0 Å². The molecular weight excluding hydrogens is 250 g/mol. The fourth-order valence-corrected chi connectivity index (χ4v) is 5.12. The highest BCUT2D eigenvalue weighted by Crippen LogP contribution is 2.55. The Balaban J connectivity index is 1.79. The van der Waals surface area contributed by atoms with Crippen LogP contribution in [0.2, 0.25) is 0 Å². The van der Waals surface area contributed by atoms with E-state index in [9.17, 15) is 0 Å². The second-order valence-corrected chi connectivity index (χ2v) is 6.61. The topological polar surface area (TPSA) is 4.93 Å². The van der Waals surface area contributed by atoms with E-state index < -0.39 is 0 Å². The zero-order valence-electron chi connectivity index (χ0n) is 10.4. The molecule has 0 bridgehead atoms. The molecule has 5 rings (SSSR count). The van der Waals surface area contributed by atoms with Crippen molar-refractivity contribution in [2.24, 2.45) is 0 Å². The van der Waals surface area contributed by atoms with Crippen LogP contribution in [-0.2, 0) is 6.42 Å². The quantitative estimate of drug-likeness (QED) is 0.574. The molecule has 0 spiro atoms. The van der Waals surface area contributed by atoms with E-state index in [2.05, 4.69) is 59.3 Å². The summed E-state index contributed by atoms with van der Waals surface area (Å²) in [5.74, 6) is 0. The molecule has 19 heavy (non-hydrogen) atoms. The van der Waals surface area contributed by atoms with Gasteiger partial charge in [-0.05, 0) is 29.7 Å². The van der Waals surface area contributed by atoms with Crippen LogP contribution in [0.3, 0.4) is 0 Å². The molecule has 0 saturated carbocycles. The van der Waals surface area contributed by atoms with Gasteiger partial charge in [-0.3, -0.25) is 0 Å². The molecule has 0 radical (unpaired) electrons. The van der Waals surface area contributed by atoms with Gasteiger partial charge in [-0.1, -0.05) is 36.4 Å². The average molecular weight is 263 g/mol. The number of aromatic nitrogens is 1. The minimum absolute atomic E-state index is 0.585. The van der Waals surface area contributed by atoms with E-state index in [0.29, 0.717) is 11.3 Å². The maximum atomic E-state index is 2.51. The maximum Gasteiger partial charge on any atom is 0.0621 e. The number of fused-ring (bicyclic) bond motifs is 4. The normalized spacial score (nSPS) is 23.4. The first-order valence-corrected chi connectivity index (χ1v) is 7.64. The highest BCUT2D eigenvalue weighted by molar-refractivity contribution is 7.99. The van der Waals surface area contributed by atoms with Crippen molar-refractivity contribution >= 4 is 22.7 Å². The van der Waals surface area contributed by atoms with Gasteiger partial charge in [0.15, 0.2) is 0 Å². The Kier molecular flexibility index (Phi) is 1.85. The van der Waals surface area contributed by atoms with E-state index in [-0.39, 0.29) is 0 Å². The molecule has 2 aromatic carbocycles.